The zero-order chi connectivity index (χ0) is 22.4. The van der Waals surface area contributed by atoms with Gasteiger partial charge >= 0.3 is 5.97 Å². The molecule has 0 saturated carbocycles. The van der Waals surface area contributed by atoms with Crippen LogP contribution < -0.4 is 14.8 Å². The first-order chi connectivity index (χ1) is 14.9. The van der Waals surface area contributed by atoms with Crippen molar-refractivity contribution < 1.29 is 24.2 Å². The van der Waals surface area contributed by atoms with Crippen molar-refractivity contribution in [2.75, 3.05) is 7.11 Å². The quantitative estimate of drug-likeness (QED) is 0.435. The summed E-state index contributed by atoms with van der Waals surface area (Å²) in [6.07, 6.45) is 1.14. The van der Waals surface area contributed by atoms with E-state index in [1.165, 1.54) is 13.3 Å². The number of nitrogens with one attached hydrogen (secondary N) is 1. The van der Waals surface area contributed by atoms with E-state index < -0.39 is 17.1 Å². The summed E-state index contributed by atoms with van der Waals surface area (Å²) in [5.74, 6) is -0.663. The summed E-state index contributed by atoms with van der Waals surface area (Å²) in [6, 6.07) is 10.6. The Morgan fingerprint density at radius 2 is 2.03 bits per heavy atom. The van der Waals surface area contributed by atoms with Gasteiger partial charge in [-0.1, -0.05) is 47.1 Å². The Kier molecular flexibility index (Phi) is 7.78. The summed E-state index contributed by atoms with van der Waals surface area (Å²) in [4.78, 5) is 22.5. The van der Waals surface area contributed by atoms with Crippen molar-refractivity contribution in [2.24, 2.45) is 10.2 Å². The predicted molar refractivity (Wildman–Crippen MR) is 121 cm³/mol. The van der Waals surface area contributed by atoms with Crippen LogP contribution in [0.2, 0.25) is 10.0 Å². The number of carbonyl (C=O) groups excluding carboxylic acids is 1. The average Bonchev–Trinajstić information content (AvgIpc) is 3.06. The molecule has 162 valence electrons. The van der Waals surface area contributed by atoms with Crippen molar-refractivity contribution in [1.82, 2.24) is 5.32 Å². The molecule has 0 bridgehead atoms. The molecular formula is C20H17Cl2N3O5S. The van der Waals surface area contributed by atoms with Crippen LogP contribution in [0.1, 0.15) is 17.5 Å². The third-order valence-corrected chi connectivity index (χ3v) is 5.65. The van der Waals surface area contributed by atoms with Gasteiger partial charge in [-0.05, 0) is 29.8 Å². The first-order valence-corrected chi connectivity index (χ1v) is 10.5. The van der Waals surface area contributed by atoms with Crippen molar-refractivity contribution >= 4 is 58.2 Å². The molecule has 1 aliphatic heterocycles. The fourth-order valence-corrected chi connectivity index (χ4v) is 3.90. The van der Waals surface area contributed by atoms with Crippen LogP contribution in [0.5, 0.6) is 11.5 Å². The molecule has 0 radical (unpaired) electrons. The number of rotatable bonds is 8. The number of carbonyl (C=O) groups is 2. The summed E-state index contributed by atoms with van der Waals surface area (Å²) in [7, 11) is 1.50. The maximum atomic E-state index is 11.7. The minimum Gasteiger partial charge on any atom is -0.493 e. The van der Waals surface area contributed by atoms with E-state index in [1.807, 2.05) is 12.1 Å². The predicted octanol–water partition coefficient (Wildman–Crippen LogP) is 3.98. The summed E-state index contributed by atoms with van der Waals surface area (Å²) in [5, 5.41) is 19.6. The average molecular weight is 482 g/mol. The molecule has 1 fully saturated rings. The van der Waals surface area contributed by atoms with E-state index in [4.69, 9.17) is 37.8 Å². The lowest BCUT2D eigenvalue weighted by Gasteiger charge is -2.13. The Morgan fingerprint density at radius 1 is 1.29 bits per heavy atom. The SMILES string of the molecule is COc1cc(C=NN=C2NC(=O)C(CC(=O)O)S2)cc(Cl)c1OCc1ccc(Cl)cc1. The lowest BCUT2D eigenvalue weighted by atomic mass is 10.2. The van der Waals surface area contributed by atoms with Crippen LogP contribution in [0.3, 0.4) is 0 Å². The topological polar surface area (TPSA) is 110 Å². The number of ether oxygens (including phenoxy) is 2. The van der Waals surface area contributed by atoms with Crippen LogP contribution in [-0.4, -0.2) is 40.7 Å². The molecule has 0 spiro atoms. The summed E-state index contributed by atoms with van der Waals surface area (Å²) >= 11 is 13.3. The van der Waals surface area contributed by atoms with Gasteiger partial charge in [0.25, 0.3) is 0 Å². The molecular weight excluding hydrogens is 465 g/mol. The second kappa shape index (κ2) is 10.5. The Labute approximate surface area is 192 Å². The van der Waals surface area contributed by atoms with Crippen LogP contribution in [-0.2, 0) is 16.2 Å². The van der Waals surface area contributed by atoms with Crippen molar-refractivity contribution in [3.8, 4) is 11.5 Å². The lowest BCUT2D eigenvalue weighted by molar-refractivity contribution is -0.138. The van der Waals surface area contributed by atoms with Crippen LogP contribution >= 0.6 is 35.0 Å². The molecule has 11 heteroatoms. The van der Waals surface area contributed by atoms with E-state index in [0.29, 0.717) is 27.1 Å². The largest absolute Gasteiger partial charge is 0.493 e. The number of aliphatic carboxylic acids is 1. The van der Waals surface area contributed by atoms with Crippen molar-refractivity contribution in [3.05, 3.63) is 57.6 Å². The highest BCUT2D eigenvalue weighted by Gasteiger charge is 2.32. The van der Waals surface area contributed by atoms with E-state index in [-0.39, 0.29) is 18.2 Å². The second-order valence-electron chi connectivity index (χ2n) is 6.29. The fraction of sp³-hybridized carbons (Fsp3) is 0.200. The van der Waals surface area contributed by atoms with Crippen LogP contribution in [0.4, 0.5) is 0 Å². The second-order valence-corrected chi connectivity index (χ2v) is 8.33. The first-order valence-electron chi connectivity index (χ1n) is 8.91. The maximum absolute atomic E-state index is 11.7. The van der Waals surface area contributed by atoms with Gasteiger partial charge in [-0.3, -0.25) is 9.59 Å². The van der Waals surface area contributed by atoms with Crippen LogP contribution in [0, 0.1) is 0 Å². The molecule has 1 heterocycles. The number of hydrogen-bond donors (Lipinski definition) is 2. The number of hydrogen-bond acceptors (Lipinski definition) is 7. The summed E-state index contributed by atoms with van der Waals surface area (Å²) in [6.45, 7) is 0.281. The zero-order valence-corrected chi connectivity index (χ0v) is 18.5. The number of halogens is 2. The van der Waals surface area contributed by atoms with Gasteiger partial charge in [0.2, 0.25) is 5.91 Å². The molecule has 1 unspecified atom stereocenters. The summed E-state index contributed by atoms with van der Waals surface area (Å²) < 4.78 is 11.2. The molecule has 2 aromatic rings. The number of amides is 1. The van der Waals surface area contributed by atoms with Gasteiger partial charge in [-0.25, -0.2) is 0 Å². The number of methoxy groups -OCH3 is 1. The van der Waals surface area contributed by atoms with Crippen molar-refractivity contribution in [2.45, 2.75) is 18.3 Å². The third-order valence-electron chi connectivity index (χ3n) is 4.04. The highest BCUT2D eigenvalue weighted by Crippen LogP contribution is 2.36. The molecule has 2 N–H and O–H groups in total. The third kappa shape index (κ3) is 6.36. The number of amidine groups is 1. The van der Waals surface area contributed by atoms with Crippen molar-refractivity contribution in [1.29, 1.82) is 0 Å². The highest BCUT2D eigenvalue weighted by atomic mass is 35.5. The van der Waals surface area contributed by atoms with Gasteiger partial charge in [0.1, 0.15) is 11.9 Å². The van der Waals surface area contributed by atoms with Gasteiger partial charge < -0.3 is 19.9 Å². The molecule has 2 aromatic carbocycles. The Morgan fingerprint density at radius 3 is 2.71 bits per heavy atom. The number of benzene rings is 2. The highest BCUT2D eigenvalue weighted by molar-refractivity contribution is 8.15. The van der Waals surface area contributed by atoms with E-state index >= 15 is 0 Å². The van der Waals surface area contributed by atoms with E-state index in [2.05, 4.69) is 15.5 Å². The molecule has 31 heavy (non-hydrogen) atoms. The molecule has 1 amide bonds. The van der Waals surface area contributed by atoms with Gasteiger partial charge in [0.05, 0.1) is 24.8 Å². The molecule has 0 aromatic heterocycles. The Bertz CT molecular complexity index is 1040. The minimum absolute atomic E-state index is 0.230. The molecule has 1 saturated heterocycles. The van der Waals surface area contributed by atoms with Gasteiger partial charge in [-0.2, -0.15) is 5.10 Å². The Hall–Kier alpha value is -2.75. The first kappa shape index (κ1) is 22.9. The monoisotopic (exact) mass is 481 g/mol. The van der Waals surface area contributed by atoms with Crippen LogP contribution in [0.25, 0.3) is 0 Å². The van der Waals surface area contributed by atoms with E-state index in [9.17, 15) is 9.59 Å². The standard InChI is InChI=1S/C20H17Cl2N3O5S/c1-29-15-7-12(9-23-25-20-24-19(28)16(31-20)8-17(26)27)6-14(22)18(15)30-10-11-2-4-13(21)5-3-11/h2-7,9,16H,8,10H2,1H3,(H,26,27)(H,24,25,28). The van der Waals surface area contributed by atoms with Gasteiger partial charge in [-0.15, -0.1) is 5.10 Å². The number of carboxylic acid groups (broad SMARTS) is 1. The van der Waals surface area contributed by atoms with Crippen LogP contribution in [0.15, 0.2) is 46.6 Å². The molecule has 1 atom stereocenters. The van der Waals surface area contributed by atoms with E-state index in [1.54, 1.807) is 24.3 Å². The molecule has 1 aliphatic rings. The Balaban J connectivity index is 1.68. The summed E-state index contributed by atoms with van der Waals surface area (Å²) in [5.41, 5.74) is 1.52. The lowest BCUT2D eigenvalue weighted by Crippen LogP contribution is -2.26. The number of nitrogens with zero attached hydrogens (tertiary/aromatic N) is 2. The smallest absolute Gasteiger partial charge is 0.305 e. The minimum atomic E-state index is -1.06. The van der Waals surface area contributed by atoms with Crippen molar-refractivity contribution in [3.63, 3.8) is 0 Å². The molecule has 3 rings (SSSR count). The van der Waals surface area contributed by atoms with E-state index in [0.717, 1.165) is 17.3 Å². The molecule has 0 aliphatic carbocycles. The molecule has 8 nitrogen and oxygen atoms in total. The fourth-order valence-electron chi connectivity index (χ4n) is 2.58. The van der Waals surface area contributed by atoms with Gasteiger partial charge in [0.15, 0.2) is 16.7 Å². The number of carboxylic acids is 1. The zero-order valence-electron chi connectivity index (χ0n) is 16.2. The number of thioether (sulfide) groups is 1. The van der Waals surface area contributed by atoms with Gasteiger partial charge in [0, 0.05) is 10.6 Å². The maximum Gasteiger partial charge on any atom is 0.305 e. The normalized spacial score (nSPS) is 17.2.